The number of hydrogen-bond acceptors (Lipinski definition) is 3. The number of aromatic nitrogens is 2. The molecule has 0 bridgehead atoms. The van der Waals surface area contributed by atoms with Crippen LogP contribution in [0.25, 0.3) is 11.3 Å². The standard InChI is InChI=1S/C15H17ClN2O3/c1-10-12(15(19)20)13(16)14(11-5-3-6-17-9-11)18(10)7-4-8-21-2/h3,5-6,9H,4,7-8H2,1-2H3,(H,19,20). The SMILES string of the molecule is COCCCn1c(C)c(C(=O)O)c(Cl)c1-c1cccnc1. The molecule has 0 spiro atoms. The van der Waals surface area contributed by atoms with Crippen LogP contribution in [-0.4, -0.2) is 34.3 Å². The number of halogens is 1. The summed E-state index contributed by atoms with van der Waals surface area (Å²) >= 11 is 6.32. The van der Waals surface area contributed by atoms with Crippen LogP contribution in [0.3, 0.4) is 0 Å². The summed E-state index contributed by atoms with van der Waals surface area (Å²) in [4.78, 5) is 15.5. The Balaban J connectivity index is 2.55. The maximum atomic E-state index is 11.4. The van der Waals surface area contributed by atoms with Crippen molar-refractivity contribution in [3.05, 3.63) is 40.8 Å². The van der Waals surface area contributed by atoms with Crippen LogP contribution in [-0.2, 0) is 11.3 Å². The molecule has 21 heavy (non-hydrogen) atoms. The fourth-order valence-corrected chi connectivity index (χ4v) is 2.81. The van der Waals surface area contributed by atoms with E-state index in [2.05, 4.69) is 4.98 Å². The van der Waals surface area contributed by atoms with E-state index >= 15 is 0 Å². The number of carbonyl (C=O) groups is 1. The van der Waals surface area contributed by atoms with E-state index in [9.17, 15) is 9.90 Å². The average Bonchev–Trinajstić information content (AvgIpc) is 2.71. The van der Waals surface area contributed by atoms with Crippen molar-refractivity contribution in [2.45, 2.75) is 19.9 Å². The fraction of sp³-hybridized carbons (Fsp3) is 0.333. The minimum Gasteiger partial charge on any atom is -0.478 e. The van der Waals surface area contributed by atoms with Gasteiger partial charge in [-0.3, -0.25) is 4.98 Å². The van der Waals surface area contributed by atoms with Crippen LogP contribution in [0.4, 0.5) is 0 Å². The molecule has 0 saturated carbocycles. The molecule has 0 saturated heterocycles. The van der Waals surface area contributed by atoms with Crippen molar-refractivity contribution in [1.82, 2.24) is 9.55 Å². The predicted octanol–water partition coefficient (Wildman–Crippen LogP) is 3.25. The molecule has 0 aromatic carbocycles. The van der Waals surface area contributed by atoms with Crippen LogP contribution in [0.2, 0.25) is 5.02 Å². The number of pyridine rings is 1. The Bertz CT molecular complexity index is 638. The summed E-state index contributed by atoms with van der Waals surface area (Å²) in [5, 5.41) is 9.62. The quantitative estimate of drug-likeness (QED) is 0.832. The van der Waals surface area contributed by atoms with E-state index in [0.29, 0.717) is 24.5 Å². The molecule has 6 heteroatoms. The third-order valence-electron chi connectivity index (χ3n) is 3.34. The summed E-state index contributed by atoms with van der Waals surface area (Å²) in [6.07, 6.45) is 4.12. The maximum absolute atomic E-state index is 11.4. The van der Waals surface area contributed by atoms with Gasteiger partial charge in [0.1, 0.15) is 0 Å². The lowest BCUT2D eigenvalue weighted by Crippen LogP contribution is -2.06. The second-order valence-electron chi connectivity index (χ2n) is 4.67. The molecule has 2 rings (SSSR count). The molecule has 2 heterocycles. The lowest BCUT2D eigenvalue weighted by molar-refractivity contribution is 0.0696. The first-order valence-corrected chi connectivity index (χ1v) is 6.97. The molecule has 0 radical (unpaired) electrons. The number of nitrogens with zero attached hydrogens (tertiary/aromatic N) is 2. The fourth-order valence-electron chi connectivity index (χ4n) is 2.38. The lowest BCUT2D eigenvalue weighted by atomic mass is 10.2. The summed E-state index contributed by atoms with van der Waals surface area (Å²) in [5.74, 6) is -1.02. The Morgan fingerprint density at radius 3 is 2.86 bits per heavy atom. The number of hydrogen-bond donors (Lipinski definition) is 1. The number of ether oxygens (including phenoxy) is 1. The molecule has 0 aliphatic rings. The van der Waals surface area contributed by atoms with E-state index < -0.39 is 5.97 Å². The number of methoxy groups -OCH3 is 1. The van der Waals surface area contributed by atoms with Crippen molar-refractivity contribution in [2.75, 3.05) is 13.7 Å². The Hall–Kier alpha value is -1.85. The highest BCUT2D eigenvalue weighted by Gasteiger charge is 2.24. The van der Waals surface area contributed by atoms with E-state index in [1.165, 1.54) is 0 Å². The molecule has 2 aromatic rings. The Morgan fingerprint density at radius 2 is 2.29 bits per heavy atom. The third-order valence-corrected chi connectivity index (χ3v) is 3.71. The van der Waals surface area contributed by atoms with Crippen molar-refractivity contribution >= 4 is 17.6 Å². The highest BCUT2D eigenvalue weighted by atomic mass is 35.5. The summed E-state index contributed by atoms with van der Waals surface area (Å²) in [7, 11) is 1.64. The average molecular weight is 309 g/mol. The number of carboxylic acids is 1. The normalized spacial score (nSPS) is 10.8. The van der Waals surface area contributed by atoms with Crippen LogP contribution in [0.1, 0.15) is 22.5 Å². The topological polar surface area (TPSA) is 64.3 Å². The van der Waals surface area contributed by atoms with Crippen LogP contribution in [0, 0.1) is 6.92 Å². The molecule has 0 fully saturated rings. The molecule has 5 nitrogen and oxygen atoms in total. The van der Waals surface area contributed by atoms with Crippen molar-refractivity contribution in [2.24, 2.45) is 0 Å². The molecule has 0 aliphatic heterocycles. The minimum absolute atomic E-state index is 0.146. The smallest absolute Gasteiger partial charge is 0.339 e. The molecule has 2 aromatic heterocycles. The molecule has 0 amide bonds. The summed E-state index contributed by atoms with van der Waals surface area (Å²) in [6, 6.07) is 3.67. The largest absolute Gasteiger partial charge is 0.478 e. The predicted molar refractivity (Wildman–Crippen MR) is 80.9 cm³/mol. The van der Waals surface area contributed by atoms with Gasteiger partial charge in [-0.1, -0.05) is 11.6 Å². The molecular formula is C15H17ClN2O3. The van der Waals surface area contributed by atoms with E-state index in [-0.39, 0.29) is 10.6 Å². The number of rotatable bonds is 6. The first-order valence-electron chi connectivity index (χ1n) is 6.59. The van der Waals surface area contributed by atoms with Gasteiger partial charge in [-0.2, -0.15) is 0 Å². The van der Waals surface area contributed by atoms with Gasteiger partial charge in [0.05, 0.1) is 16.3 Å². The highest BCUT2D eigenvalue weighted by Crippen LogP contribution is 2.35. The summed E-state index contributed by atoms with van der Waals surface area (Å²) in [5.41, 5.74) is 2.28. The molecule has 112 valence electrons. The lowest BCUT2D eigenvalue weighted by Gasteiger charge is -2.11. The van der Waals surface area contributed by atoms with Crippen molar-refractivity contribution in [3.63, 3.8) is 0 Å². The van der Waals surface area contributed by atoms with Gasteiger partial charge in [0.15, 0.2) is 0 Å². The zero-order chi connectivity index (χ0) is 15.4. The van der Waals surface area contributed by atoms with Gasteiger partial charge in [0, 0.05) is 43.9 Å². The number of aromatic carboxylic acids is 1. The van der Waals surface area contributed by atoms with Crippen molar-refractivity contribution in [1.29, 1.82) is 0 Å². The molecule has 1 N–H and O–H groups in total. The molecule has 0 atom stereocenters. The van der Waals surface area contributed by atoms with Crippen molar-refractivity contribution < 1.29 is 14.6 Å². The van der Waals surface area contributed by atoms with Crippen LogP contribution in [0.5, 0.6) is 0 Å². The van der Waals surface area contributed by atoms with E-state index in [1.807, 2.05) is 10.6 Å². The Morgan fingerprint density at radius 1 is 1.52 bits per heavy atom. The summed E-state index contributed by atoms with van der Waals surface area (Å²) < 4.78 is 6.98. The van der Waals surface area contributed by atoms with Crippen LogP contribution >= 0.6 is 11.6 Å². The zero-order valence-electron chi connectivity index (χ0n) is 12.0. The van der Waals surface area contributed by atoms with Crippen LogP contribution in [0.15, 0.2) is 24.5 Å². The van der Waals surface area contributed by atoms with Gasteiger partial charge < -0.3 is 14.4 Å². The second kappa shape index (κ2) is 6.74. The van der Waals surface area contributed by atoms with E-state index in [1.54, 1.807) is 32.5 Å². The Labute approximate surface area is 128 Å². The van der Waals surface area contributed by atoms with Gasteiger partial charge in [-0.05, 0) is 25.5 Å². The Kier molecular flexibility index (Phi) is 4.98. The number of carboxylic acid groups (broad SMARTS) is 1. The second-order valence-corrected chi connectivity index (χ2v) is 5.05. The van der Waals surface area contributed by atoms with Crippen LogP contribution < -0.4 is 0 Å². The molecule has 0 unspecified atom stereocenters. The maximum Gasteiger partial charge on any atom is 0.339 e. The highest BCUT2D eigenvalue weighted by molar-refractivity contribution is 6.36. The van der Waals surface area contributed by atoms with Gasteiger partial charge in [0.2, 0.25) is 0 Å². The van der Waals surface area contributed by atoms with Gasteiger partial charge in [-0.25, -0.2) is 4.79 Å². The first kappa shape index (κ1) is 15.5. The van der Waals surface area contributed by atoms with Gasteiger partial charge >= 0.3 is 5.97 Å². The van der Waals surface area contributed by atoms with Gasteiger partial charge in [-0.15, -0.1) is 0 Å². The third kappa shape index (κ3) is 3.09. The minimum atomic E-state index is -1.02. The van der Waals surface area contributed by atoms with Crippen molar-refractivity contribution in [3.8, 4) is 11.3 Å². The molecule has 0 aliphatic carbocycles. The molecular weight excluding hydrogens is 292 g/mol. The monoisotopic (exact) mass is 308 g/mol. The zero-order valence-corrected chi connectivity index (χ0v) is 12.7. The van der Waals surface area contributed by atoms with Gasteiger partial charge in [0.25, 0.3) is 0 Å². The van der Waals surface area contributed by atoms with E-state index in [0.717, 1.165) is 12.0 Å². The first-order chi connectivity index (χ1) is 10.1. The van der Waals surface area contributed by atoms with E-state index in [4.69, 9.17) is 16.3 Å². The summed E-state index contributed by atoms with van der Waals surface area (Å²) in [6.45, 7) is 3.00.